The summed E-state index contributed by atoms with van der Waals surface area (Å²) in [5.74, 6) is 1.23. The maximum Gasteiger partial charge on any atom is 0.0700 e. The molecule has 0 radical (unpaired) electrons. The Balaban J connectivity index is 3.54. The van der Waals surface area contributed by atoms with E-state index in [1.807, 2.05) is 0 Å². The van der Waals surface area contributed by atoms with Crippen LogP contribution in [-0.2, 0) is 9.47 Å². The van der Waals surface area contributed by atoms with Crippen molar-refractivity contribution in [2.45, 2.75) is 27.2 Å². The van der Waals surface area contributed by atoms with Crippen molar-refractivity contribution in [1.82, 2.24) is 0 Å². The van der Waals surface area contributed by atoms with Crippen LogP contribution in [0.3, 0.4) is 0 Å². The Labute approximate surface area is 92.9 Å². The minimum atomic E-state index is 0.270. The second kappa shape index (κ2) is 7.49. The molecule has 0 aromatic rings. The van der Waals surface area contributed by atoms with Gasteiger partial charge in [-0.25, -0.2) is 0 Å². The van der Waals surface area contributed by atoms with E-state index in [0.717, 1.165) is 13.0 Å². The highest BCUT2D eigenvalue weighted by molar-refractivity contribution is 6.18. The van der Waals surface area contributed by atoms with Crippen molar-refractivity contribution in [3.8, 4) is 0 Å². The number of hydrogen-bond acceptors (Lipinski definition) is 2. The van der Waals surface area contributed by atoms with Gasteiger partial charge in [-0.1, -0.05) is 20.8 Å². The zero-order valence-corrected chi connectivity index (χ0v) is 10.6. The van der Waals surface area contributed by atoms with Gasteiger partial charge < -0.3 is 9.47 Å². The van der Waals surface area contributed by atoms with Gasteiger partial charge in [0.2, 0.25) is 0 Å². The Morgan fingerprint density at radius 2 is 1.79 bits per heavy atom. The fourth-order valence-corrected chi connectivity index (χ4v) is 1.83. The SMILES string of the molecule is COCCOCCC(CCl)C(C)(C)C. The highest BCUT2D eigenvalue weighted by atomic mass is 35.5. The molecule has 0 aliphatic carbocycles. The van der Waals surface area contributed by atoms with Gasteiger partial charge in [0.25, 0.3) is 0 Å². The molecule has 0 amide bonds. The van der Waals surface area contributed by atoms with Crippen molar-refractivity contribution < 1.29 is 9.47 Å². The first-order valence-corrected chi connectivity index (χ1v) is 5.68. The van der Waals surface area contributed by atoms with Gasteiger partial charge >= 0.3 is 0 Å². The summed E-state index contributed by atoms with van der Waals surface area (Å²) in [4.78, 5) is 0. The third-order valence-electron chi connectivity index (χ3n) is 2.45. The van der Waals surface area contributed by atoms with Crippen LogP contribution in [0, 0.1) is 11.3 Å². The van der Waals surface area contributed by atoms with Crippen LogP contribution in [-0.4, -0.2) is 32.8 Å². The third kappa shape index (κ3) is 6.63. The molecule has 0 aromatic carbocycles. The predicted octanol–water partition coefficient (Wildman–Crippen LogP) is 2.94. The number of methoxy groups -OCH3 is 1. The second-order valence-corrected chi connectivity index (χ2v) is 4.92. The first-order valence-electron chi connectivity index (χ1n) is 5.15. The maximum atomic E-state index is 5.91. The minimum absolute atomic E-state index is 0.270. The highest BCUT2D eigenvalue weighted by Crippen LogP contribution is 2.29. The van der Waals surface area contributed by atoms with Gasteiger partial charge in [-0.3, -0.25) is 0 Å². The molecule has 1 atom stereocenters. The van der Waals surface area contributed by atoms with Crippen LogP contribution in [0.5, 0.6) is 0 Å². The topological polar surface area (TPSA) is 18.5 Å². The van der Waals surface area contributed by atoms with Crippen LogP contribution < -0.4 is 0 Å². The van der Waals surface area contributed by atoms with Gasteiger partial charge in [-0.15, -0.1) is 11.6 Å². The normalized spacial score (nSPS) is 14.4. The first kappa shape index (κ1) is 14.2. The number of rotatable bonds is 7. The number of halogens is 1. The van der Waals surface area contributed by atoms with Crippen LogP contribution in [0.2, 0.25) is 0 Å². The van der Waals surface area contributed by atoms with E-state index in [9.17, 15) is 0 Å². The Hall–Kier alpha value is 0.210. The first-order chi connectivity index (χ1) is 6.52. The lowest BCUT2D eigenvalue weighted by Gasteiger charge is -2.28. The van der Waals surface area contributed by atoms with Gasteiger partial charge in [0.15, 0.2) is 0 Å². The lowest BCUT2D eigenvalue weighted by Crippen LogP contribution is -2.23. The molecular weight excluding hydrogens is 200 g/mol. The quantitative estimate of drug-likeness (QED) is 0.487. The van der Waals surface area contributed by atoms with Crippen LogP contribution in [0.25, 0.3) is 0 Å². The molecule has 0 aliphatic heterocycles. The summed E-state index contributed by atoms with van der Waals surface area (Å²) in [5, 5.41) is 0. The van der Waals surface area contributed by atoms with E-state index < -0.39 is 0 Å². The van der Waals surface area contributed by atoms with Crippen molar-refractivity contribution in [1.29, 1.82) is 0 Å². The molecule has 0 saturated carbocycles. The zero-order chi connectivity index (χ0) is 11.0. The molecule has 0 N–H and O–H groups in total. The summed E-state index contributed by atoms with van der Waals surface area (Å²) in [6, 6.07) is 0. The van der Waals surface area contributed by atoms with Gasteiger partial charge in [0.1, 0.15) is 0 Å². The fourth-order valence-electron chi connectivity index (χ4n) is 1.21. The molecule has 0 bridgehead atoms. The summed E-state index contributed by atoms with van der Waals surface area (Å²) in [6.07, 6.45) is 1.02. The summed E-state index contributed by atoms with van der Waals surface area (Å²) >= 11 is 5.91. The Bertz CT molecular complexity index is 132. The van der Waals surface area contributed by atoms with Crippen molar-refractivity contribution in [2.24, 2.45) is 11.3 Å². The summed E-state index contributed by atoms with van der Waals surface area (Å²) in [5.41, 5.74) is 0.270. The lowest BCUT2D eigenvalue weighted by molar-refractivity contribution is 0.0568. The van der Waals surface area contributed by atoms with Crippen molar-refractivity contribution in [2.75, 3.05) is 32.8 Å². The van der Waals surface area contributed by atoms with E-state index in [2.05, 4.69) is 20.8 Å². The van der Waals surface area contributed by atoms with E-state index in [0.29, 0.717) is 25.0 Å². The van der Waals surface area contributed by atoms with Gasteiger partial charge in [0.05, 0.1) is 13.2 Å². The van der Waals surface area contributed by atoms with Gasteiger partial charge in [0, 0.05) is 19.6 Å². The fraction of sp³-hybridized carbons (Fsp3) is 1.00. The Morgan fingerprint density at radius 1 is 1.14 bits per heavy atom. The minimum Gasteiger partial charge on any atom is -0.382 e. The summed E-state index contributed by atoms with van der Waals surface area (Å²) in [7, 11) is 1.68. The molecule has 0 fully saturated rings. The second-order valence-electron chi connectivity index (χ2n) is 4.61. The lowest BCUT2D eigenvalue weighted by atomic mass is 9.80. The zero-order valence-electron chi connectivity index (χ0n) is 9.81. The van der Waals surface area contributed by atoms with Crippen LogP contribution in [0.15, 0.2) is 0 Å². The molecule has 2 nitrogen and oxygen atoms in total. The molecule has 0 aromatic heterocycles. The number of alkyl halides is 1. The molecule has 0 saturated heterocycles. The Morgan fingerprint density at radius 3 is 2.21 bits per heavy atom. The van der Waals surface area contributed by atoms with Gasteiger partial charge in [-0.05, 0) is 17.8 Å². The van der Waals surface area contributed by atoms with Crippen LogP contribution in [0.4, 0.5) is 0 Å². The smallest absolute Gasteiger partial charge is 0.0700 e. The van der Waals surface area contributed by atoms with E-state index in [4.69, 9.17) is 21.1 Å². The number of hydrogen-bond donors (Lipinski definition) is 0. The molecule has 0 heterocycles. The van der Waals surface area contributed by atoms with Crippen molar-refractivity contribution >= 4 is 11.6 Å². The largest absolute Gasteiger partial charge is 0.382 e. The molecule has 0 aliphatic rings. The maximum absolute atomic E-state index is 5.91. The van der Waals surface area contributed by atoms with E-state index >= 15 is 0 Å². The molecule has 1 unspecified atom stereocenters. The van der Waals surface area contributed by atoms with E-state index in [-0.39, 0.29) is 5.41 Å². The highest BCUT2D eigenvalue weighted by Gasteiger charge is 2.23. The predicted molar refractivity (Wildman–Crippen MR) is 61.0 cm³/mol. The average molecular weight is 223 g/mol. The average Bonchev–Trinajstić information content (AvgIpc) is 2.09. The van der Waals surface area contributed by atoms with Crippen molar-refractivity contribution in [3.63, 3.8) is 0 Å². The van der Waals surface area contributed by atoms with Crippen LogP contribution >= 0.6 is 11.6 Å². The molecule has 0 rings (SSSR count). The molecule has 3 heteroatoms. The third-order valence-corrected chi connectivity index (χ3v) is 2.83. The summed E-state index contributed by atoms with van der Waals surface area (Å²) < 4.78 is 10.3. The number of ether oxygens (including phenoxy) is 2. The summed E-state index contributed by atoms with van der Waals surface area (Å²) in [6.45, 7) is 8.77. The van der Waals surface area contributed by atoms with E-state index in [1.54, 1.807) is 7.11 Å². The molecule has 14 heavy (non-hydrogen) atoms. The van der Waals surface area contributed by atoms with Crippen molar-refractivity contribution in [3.05, 3.63) is 0 Å². The monoisotopic (exact) mass is 222 g/mol. The standard InChI is InChI=1S/C11H23ClO2/c1-11(2,3)10(9-12)5-6-14-8-7-13-4/h10H,5-9H2,1-4H3. The van der Waals surface area contributed by atoms with Gasteiger partial charge in [-0.2, -0.15) is 0 Å². The molecule has 0 spiro atoms. The Kier molecular flexibility index (Phi) is 7.61. The molecular formula is C11H23ClO2. The van der Waals surface area contributed by atoms with Crippen LogP contribution in [0.1, 0.15) is 27.2 Å². The van der Waals surface area contributed by atoms with E-state index in [1.165, 1.54) is 0 Å². The molecule has 86 valence electrons.